The number of carbonyl (C=O) groups excluding carboxylic acids is 2. The van der Waals surface area contributed by atoms with Crippen LogP contribution >= 0.6 is 0 Å². The average Bonchev–Trinajstić information content (AvgIpc) is 3.21. The summed E-state index contributed by atoms with van der Waals surface area (Å²) >= 11 is 0. The molecule has 0 radical (unpaired) electrons. The number of benzene rings is 6. The molecular formula is C44H36O10. The summed E-state index contributed by atoms with van der Waals surface area (Å²) in [5.41, 5.74) is 4.54. The summed E-state index contributed by atoms with van der Waals surface area (Å²) in [5.74, 6) is -2.10. The van der Waals surface area contributed by atoms with Gasteiger partial charge in [0.05, 0.1) is 18.2 Å². The number of carbonyl (C=O) groups is 3. The van der Waals surface area contributed by atoms with Crippen molar-refractivity contribution in [1.29, 1.82) is 0 Å². The van der Waals surface area contributed by atoms with E-state index in [2.05, 4.69) is 4.89 Å². The van der Waals surface area contributed by atoms with Crippen LogP contribution in [-0.4, -0.2) is 35.4 Å². The van der Waals surface area contributed by atoms with Gasteiger partial charge in [-0.2, -0.15) is 4.89 Å². The van der Waals surface area contributed by atoms with Gasteiger partial charge < -0.3 is 19.5 Å². The lowest BCUT2D eigenvalue weighted by molar-refractivity contribution is -0.253. The molecule has 2 N–H and O–H groups in total. The molecule has 0 saturated carbocycles. The van der Waals surface area contributed by atoms with E-state index in [0.717, 1.165) is 27.8 Å². The van der Waals surface area contributed by atoms with Crippen molar-refractivity contribution < 1.29 is 48.9 Å². The van der Waals surface area contributed by atoms with Gasteiger partial charge >= 0.3 is 17.9 Å². The third kappa shape index (κ3) is 8.22. The van der Waals surface area contributed by atoms with Crippen LogP contribution in [0.5, 0.6) is 11.5 Å². The number of rotatable bonds is 14. The molecule has 1 unspecified atom stereocenters. The summed E-state index contributed by atoms with van der Waals surface area (Å²) in [4.78, 5) is 54.1. The Labute approximate surface area is 311 Å². The van der Waals surface area contributed by atoms with Gasteiger partial charge in [-0.05, 0) is 93.9 Å². The van der Waals surface area contributed by atoms with E-state index in [0.29, 0.717) is 22.4 Å². The average molecular weight is 725 g/mol. The molecular weight excluding hydrogens is 688 g/mol. The molecule has 0 spiro atoms. The highest BCUT2D eigenvalue weighted by molar-refractivity contribution is 6.04. The minimum atomic E-state index is -1.27. The first kappa shape index (κ1) is 37.2. The van der Waals surface area contributed by atoms with Gasteiger partial charge in [0, 0.05) is 0 Å². The molecule has 10 heteroatoms. The third-order valence-corrected chi connectivity index (χ3v) is 9.15. The zero-order valence-corrected chi connectivity index (χ0v) is 29.4. The van der Waals surface area contributed by atoms with Gasteiger partial charge in [0.1, 0.15) is 24.4 Å². The maximum atomic E-state index is 13.3. The molecule has 10 nitrogen and oxygen atoms in total. The number of methoxy groups -OCH3 is 1. The van der Waals surface area contributed by atoms with Crippen LogP contribution in [0.1, 0.15) is 49.9 Å². The number of aromatic carboxylic acids is 1. The molecule has 0 aliphatic heterocycles. The summed E-state index contributed by atoms with van der Waals surface area (Å²) in [6, 6.07) is 42.5. The quantitative estimate of drug-likeness (QED) is 0.0485. The van der Waals surface area contributed by atoms with Gasteiger partial charge in [-0.3, -0.25) is 10.1 Å². The zero-order chi connectivity index (χ0) is 38.1. The summed E-state index contributed by atoms with van der Waals surface area (Å²) in [7, 11) is 1.30. The molecule has 0 aromatic heterocycles. The first-order valence-corrected chi connectivity index (χ1v) is 16.9. The Kier molecular flexibility index (Phi) is 11.6. The predicted octanol–water partition coefficient (Wildman–Crippen LogP) is 8.92. The topological polar surface area (TPSA) is 138 Å². The van der Waals surface area contributed by atoms with E-state index in [1.807, 2.05) is 78.9 Å². The van der Waals surface area contributed by atoms with Gasteiger partial charge in [0.2, 0.25) is 0 Å². The summed E-state index contributed by atoms with van der Waals surface area (Å²) in [6.45, 7) is 1.76. The van der Waals surface area contributed by atoms with E-state index in [4.69, 9.17) is 24.5 Å². The Morgan fingerprint density at radius 2 is 1.15 bits per heavy atom. The van der Waals surface area contributed by atoms with Crippen molar-refractivity contribution >= 4 is 17.9 Å². The molecule has 6 rings (SSSR count). The molecule has 0 heterocycles. The molecule has 54 heavy (non-hydrogen) atoms. The smallest absolute Gasteiger partial charge is 0.344 e. The number of hydrogen-bond donors (Lipinski definition) is 2. The standard InChI is InChI=1S/C44H36O10/c1-44(43(48)50-2,35-16-20-37(21-17-35)53-42(47)40-26-32(15-24-39(40)41(45)46)30-11-7-4-8-12-30)36-18-22-38(23-19-36)54-52-28-34-25-31(13-14-33(34)27-51-49)29-9-5-3-6-10-29/h3-26,49H,27-28H2,1-2H3,(H,45,46). The second-order valence-corrected chi connectivity index (χ2v) is 12.5. The lowest BCUT2D eigenvalue weighted by Crippen LogP contribution is -2.35. The van der Waals surface area contributed by atoms with Crippen molar-refractivity contribution in [2.45, 2.75) is 25.6 Å². The molecule has 0 saturated heterocycles. The van der Waals surface area contributed by atoms with Crippen LogP contribution in [-0.2, 0) is 37.9 Å². The van der Waals surface area contributed by atoms with Gasteiger partial charge in [-0.15, -0.1) is 0 Å². The fourth-order valence-corrected chi connectivity index (χ4v) is 6.12. The van der Waals surface area contributed by atoms with Crippen molar-refractivity contribution in [3.8, 4) is 33.8 Å². The number of ether oxygens (including phenoxy) is 2. The highest BCUT2D eigenvalue weighted by Gasteiger charge is 2.38. The highest BCUT2D eigenvalue weighted by Crippen LogP contribution is 2.36. The zero-order valence-electron chi connectivity index (χ0n) is 29.4. The van der Waals surface area contributed by atoms with Crippen LogP contribution in [0.3, 0.4) is 0 Å². The van der Waals surface area contributed by atoms with E-state index in [1.165, 1.54) is 31.4 Å². The fourth-order valence-electron chi connectivity index (χ4n) is 6.12. The highest BCUT2D eigenvalue weighted by atomic mass is 17.2. The molecule has 0 amide bonds. The van der Waals surface area contributed by atoms with E-state index in [9.17, 15) is 19.5 Å². The van der Waals surface area contributed by atoms with Crippen molar-refractivity contribution in [3.05, 3.63) is 179 Å². The summed E-state index contributed by atoms with van der Waals surface area (Å²) < 4.78 is 10.8. The molecule has 272 valence electrons. The normalized spacial score (nSPS) is 12.0. The Bertz CT molecular complexity index is 2230. The molecule has 0 bridgehead atoms. The minimum Gasteiger partial charge on any atom is -0.478 e. The Hall–Kier alpha value is -6.59. The van der Waals surface area contributed by atoms with E-state index >= 15 is 0 Å². The van der Waals surface area contributed by atoms with Crippen molar-refractivity contribution in [3.63, 3.8) is 0 Å². The maximum absolute atomic E-state index is 13.3. The second kappa shape index (κ2) is 16.8. The van der Waals surface area contributed by atoms with Crippen LogP contribution in [0, 0.1) is 0 Å². The van der Waals surface area contributed by atoms with Crippen LogP contribution < -0.4 is 9.62 Å². The SMILES string of the molecule is COC(=O)C(C)(c1ccc(OOCc2cc(-c3ccccc3)ccc2COO)cc1)c1ccc(OC(=O)c2cc(-c3ccccc3)ccc2C(=O)O)cc1. The Balaban J connectivity index is 1.16. The predicted molar refractivity (Wildman–Crippen MR) is 200 cm³/mol. The number of carboxylic acids is 1. The first-order valence-electron chi connectivity index (χ1n) is 16.9. The Morgan fingerprint density at radius 3 is 1.70 bits per heavy atom. The monoisotopic (exact) mass is 724 g/mol. The van der Waals surface area contributed by atoms with E-state index in [1.54, 1.807) is 49.4 Å². The number of carboxylic acid groups (broad SMARTS) is 1. The molecule has 0 aliphatic carbocycles. The maximum Gasteiger partial charge on any atom is 0.344 e. The molecule has 1 atom stereocenters. The van der Waals surface area contributed by atoms with Gasteiger partial charge in [-0.25, -0.2) is 14.5 Å². The van der Waals surface area contributed by atoms with Crippen molar-refractivity contribution in [2.75, 3.05) is 7.11 Å². The number of hydrogen-bond acceptors (Lipinski definition) is 9. The first-order chi connectivity index (χ1) is 26.2. The van der Waals surface area contributed by atoms with Gasteiger partial charge in [0.15, 0.2) is 5.75 Å². The lowest BCUT2D eigenvalue weighted by Gasteiger charge is -2.28. The van der Waals surface area contributed by atoms with Crippen molar-refractivity contribution in [1.82, 2.24) is 0 Å². The Morgan fingerprint density at radius 1 is 0.593 bits per heavy atom. The van der Waals surface area contributed by atoms with Crippen LogP contribution in [0.2, 0.25) is 0 Å². The molecule has 0 fully saturated rings. The van der Waals surface area contributed by atoms with Crippen LogP contribution in [0.4, 0.5) is 0 Å². The van der Waals surface area contributed by atoms with E-state index < -0.39 is 23.3 Å². The number of esters is 2. The molecule has 6 aromatic carbocycles. The second-order valence-electron chi connectivity index (χ2n) is 12.5. The largest absolute Gasteiger partial charge is 0.478 e. The molecule has 6 aromatic rings. The lowest BCUT2D eigenvalue weighted by atomic mass is 9.76. The van der Waals surface area contributed by atoms with Crippen LogP contribution in [0.25, 0.3) is 22.3 Å². The summed E-state index contributed by atoms with van der Waals surface area (Å²) in [6.07, 6.45) is 0. The fraction of sp³-hybridized carbons (Fsp3) is 0.114. The van der Waals surface area contributed by atoms with Gasteiger partial charge in [0.25, 0.3) is 0 Å². The van der Waals surface area contributed by atoms with Crippen LogP contribution in [0.15, 0.2) is 146 Å². The summed E-state index contributed by atoms with van der Waals surface area (Å²) in [5, 5.41) is 18.8. The van der Waals surface area contributed by atoms with Crippen molar-refractivity contribution in [2.24, 2.45) is 0 Å². The molecule has 0 aliphatic rings. The van der Waals surface area contributed by atoms with Gasteiger partial charge in [-0.1, -0.05) is 103 Å². The minimum absolute atomic E-state index is 0.0216. The third-order valence-electron chi connectivity index (χ3n) is 9.15. The van der Waals surface area contributed by atoms with E-state index in [-0.39, 0.29) is 30.1 Å².